The van der Waals surface area contributed by atoms with E-state index in [1.807, 2.05) is 13.0 Å². The summed E-state index contributed by atoms with van der Waals surface area (Å²) in [5, 5.41) is 5.65. The molecule has 3 aromatic rings. The maximum absolute atomic E-state index is 14.3. The average Bonchev–Trinajstić information content (AvgIpc) is 3.89. The highest BCUT2D eigenvalue weighted by atomic mass is 16.5. The molecule has 0 amide bonds. The monoisotopic (exact) mass is 762 g/mol. The highest BCUT2D eigenvalue weighted by Gasteiger charge is 2.48. The topological polar surface area (TPSA) is 129 Å². The predicted octanol–water partition coefficient (Wildman–Crippen LogP) is 8.43. The molecule has 0 radical (unpaired) electrons. The molecule has 4 N–H and O–H groups in total. The largest absolute Gasteiger partial charge is 0.468 e. The molecule has 3 aliphatic rings. The Balaban J connectivity index is 1.33. The van der Waals surface area contributed by atoms with Crippen LogP contribution in [0.5, 0.6) is 0 Å². The third-order valence-corrected chi connectivity index (χ3v) is 12.9. The van der Waals surface area contributed by atoms with E-state index in [2.05, 4.69) is 93.9 Å². The number of carbonyl (C=O) groups is 3. The molecule has 0 saturated carbocycles. The van der Waals surface area contributed by atoms with E-state index in [0.717, 1.165) is 85.8 Å². The van der Waals surface area contributed by atoms with Crippen molar-refractivity contribution in [3.63, 3.8) is 0 Å². The number of carbonyl (C=O) groups excluding carboxylic acids is 3. The third-order valence-electron chi connectivity index (χ3n) is 12.9. The number of Topliss-reactive ketones (excluding diaryl/α,β-unsaturated/α-hetero) is 1. The number of ketones is 1. The molecule has 0 unspecified atom stereocenters. The number of nitrogens with one attached hydrogen (secondary N) is 4. The average molecular weight is 763 g/mol. The number of H-pyrrole nitrogens is 3. The van der Waals surface area contributed by atoms with E-state index in [4.69, 9.17) is 9.47 Å². The van der Waals surface area contributed by atoms with Crippen molar-refractivity contribution in [1.29, 1.82) is 0 Å². The van der Waals surface area contributed by atoms with Crippen molar-refractivity contribution in [3.8, 4) is 0 Å². The van der Waals surface area contributed by atoms with Crippen molar-refractivity contribution >= 4 is 41.5 Å². The van der Waals surface area contributed by atoms with E-state index in [-0.39, 0.29) is 36.6 Å². The quantitative estimate of drug-likeness (QED) is 0.0565. The first kappa shape index (κ1) is 40.9. The van der Waals surface area contributed by atoms with Crippen LogP contribution >= 0.6 is 0 Å². The van der Waals surface area contributed by atoms with Crippen LogP contribution in [0.1, 0.15) is 146 Å². The summed E-state index contributed by atoms with van der Waals surface area (Å²) < 4.78 is 11.0. The first-order valence-corrected chi connectivity index (χ1v) is 20.7. The van der Waals surface area contributed by atoms with Crippen molar-refractivity contribution in [3.05, 3.63) is 89.9 Å². The van der Waals surface area contributed by atoms with Gasteiger partial charge in [0.2, 0.25) is 0 Å². The van der Waals surface area contributed by atoms with E-state index >= 15 is 0 Å². The van der Waals surface area contributed by atoms with Crippen LogP contribution in [0.2, 0.25) is 0 Å². The van der Waals surface area contributed by atoms with Crippen LogP contribution in [0.15, 0.2) is 23.0 Å². The van der Waals surface area contributed by atoms with Crippen LogP contribution in [-0.2, 0) is 19.1 Å². The van der Waals surface area contributed by atoms with Gasteiger partial charge in [-0.3, -0.25) is 14.4 Å². The normalized spacial score (nSPS) is 22.8. The first-order valence-electron chi connectivity index (χ1n) is 20.7. The number of fused-ring (bicyclic) bond motifs is 7. The second-order valence-corrected chi connectivity index (χ2v) is 16.6. The maximum atomic E-state index is 14.3. The van der Waals surface area contributed by atoms with E-state index in [1.165, 1.54) is 44.8 Å². The molecule has 1 saturated heterocycles. The van der Waals surface area contributed by atoms with E-state index in [0.29, 0.717) is 23.3 Å². The lowest BCUT2D eigenvalue weighted by atomic mass is 9.85. The Morgan fingerprint density at radius 1 is 0.839 bits per heavy atom. The van der Waals surface area contributed by atoms with Crippen molar-refractivity contribution in [1.82, 2.24) is 20.3 Å². The van der Waals surface area contributed by atoms with Gasteiger partial charge in [-0.15, -0.1) is 0 Å². The lowest BCUT2D eigenvalue weighted by molar-refractivity contribution is -0.143. The molecule has 0 spiro atoms. The Bertz CT molecular complexity index is 2240. The van der Waals surface area contributed by atoms with Crippen LogP contribution in [0, 0.1) is 58.3 Å². The molecule has 9 nitrogen and oxygen atoms in total. The van der Waals surface area contributed by atoms with Crippen molar-refractivity contribution in [2.45, 2.75) is 120 Å². The molecule has 56 heavy (non-hydrogen) atoms. The summed E-state index contributed by atoms with van der Waals surface area (Å²) in [5.41, 5.74) is 12.8. The minimum Gasteiger partial charge on any atom is -0.468 e. The minimum absolute atomic E-state index is 0.0575. The predicted molar refractivity (Wildman–Crippen MR) is 224 cm³/mol. The molecule has 0 aromatic carbocycles. The SMILES string of the molecule is CCCCC[C@@H](C)CCC/C(C)=C/COC(=O)CC[C@@H]1/C2=C3/c4[nH]c(c(C)c4C(=O)[C@@H]3C(=O)OC)/C=c3\[nH]/c(c(C)c3C)=C\c3[nH]c(c(C)c3C)/C=C(\N2)[C@H]1C. The molecule has 8 bridgehead atoms. The fourth-order valence-corrected chi connectivity index (χ4v) is 8.81. The maximum Gasteiger partial charge on any atom is 0.321 e. The fraction of sp³-hybridized carbons (Fsp3) is 0.511. The number of aromatic amines is 3. The molecular formula is C47H62N4O5. The molecule has 3 aromatic heterocycles. The third kappa shape index (κ3) is 8.05. The van der Waals surface area contributed by atoms with Gasteiger partial charge >= 0.3 is 11.9 Å². The van der Waals surface area contributed by atoms with Crippen LogP contribution in [0.25, 0.3) is 23.8 Å². The summed E-state index contributed by atoms with van der Waals surface area (Å²) in [6, 6.07) is 0. The van der Waals surface area contributed by atoms with Crippen LogP contribution < -0.4 is 16.0 Å². The Morgan fingerprint density at radius 2 is 1.48 bits per heavy atom. The minimum atomic E-state index is -1.12. The second kappa shape index (κ2) is 17.1. The zero-order chi connectivity index (χ0) is 40.4. The Kier molecular flexibility index (Phi) is 12.5. The summed E-state index contributed by atoms with van der Waals surface area (Å²) >= 11 is 0. The number of rotatable bonds is 14. The summed E-state index contributed by atoms with van der Waals surface area (Å²) in [6.07, 6.45) is 17.6. The van der Waals surface area contributed by atoms with Gasteiger partial charge in [0.25, 0.3) is 0 Å². The molecular weight excluding hydrogens is 701 g/mol. The Labute approximate surface area is 332 Å². The molecule has 5 heterocycles. The lowest BCUT2D eigenvalue weighted by Gasteiger charge is -2.19. The molecule has 6 rings (SSSR count). The van der Waals surface area contributed by atoms with Crippen LogP contribution in [0.3, 0.4) is 0 Å². The van der Waals surface area contributed by atoms with Gasteiger partial charge in [0.05, 0.1) is 12.8 Å². The summed E-state index contributed by atoms with van der Waals surface area (Å²) in [5.74, 6) is -1.79. The lowest BCUT2D eigenvalue weighted by Crippen LogP contribution is -2.25. The first-order chi connectivity index (χ1) is 26.7. The molecule has 9 heteroatoms. The zero-order valence-corrected chi connectivity index (χ0v) is 35.2. The van der Waals surface area contributed by atoms with E-state index in [1.54, 1.807) is 0 Å². The van der Waals surface area contributed by atoms with Crippen molar-refractivity contribution in [2.24, 2.45) is 23.7 Å². The number of allylic oxidation sites excluding steroid dienone is 3. The molecule has 1 aliphatic carbocycles. The highest BCUT2D eigenvalue weighted by Crippen LogP contribution is 2.48. The number of methoxy groups -OCH3 is 1. The second-order valence-electron chi connectivity index (χ2n) is 16.6. The Hall–Kier alpha value is -4.79. The van der Waals surface area contributed by atoms with Gasteiger partial charge in [-0.1, -0.05) is 58.4 Å². The molecule has 2 aliphatic heterocycles. The highest BCUT2D eigenvalue weighted by molar-refractivity contribution is 6.24. The fourth-order valence-electron chi connectivity index (χ4n) is 8.81. The standard InChI is InChI=1S/C47H62N4O5/c1-11-12-13-15-25(2)16-14-17-26(3)20-21-56-40(52)19-18-33-31(8)38-23-36-29(6)27(4)34(48-36)22-35-28(5)30(7)37(49-35)24-39-32(9)41-45(51-39)42(44(33)50-38)43(46(41)53)47(54)55-10/h20,22-25,31,33,43,48-51H,11-19,21H2,1-10H3/b26-20+,35-22-,37-24-,38-23-,44-42-/t25-,31+,33+,43-/m1/s1. The number of ether oxygens (including phenoxy) is 2. The van der Waals surface area contributed by atoms with Gasteiger partial charge in [0.1, 0.15) is 12.5 Å². The number of esters is 2. The van der Waals surface area contributed by atoms with Gasteiger partial charge in [0.15, 0.2) is 5.78 Å². The van der Waals surface area contributed by atoms with Gasteiger partial charge in [-0.25, -0.2) is 0 Å². The van der Waals surface area contributed by atoms with Gasteiger partial charge in [-0.2, -0.15) is 0 Å². The summed E-state index contributed by atoms with van der Waals surface area (Å²) in [7, 11) is 1.32. The zero-order valence-electron chi connectivity index (χ0n) is 35.2. The molecule has 300 valence electrons. The van der Waals surface area contributed by atoms with Crippen molar-refractivity contribution < 1.29 is 23.9 Å². The van der Waals surface area contributed by atoms with E-state index < -0.39 is 11.9 Å². The number of aromatic nitrogens is 3. The smallest absolute Gasteiger partial charge is 0.321 e. The molecule has 4 atom stereocenters. The number of hydrogen-bond acceptors (Lipinski definition) is 6. The molecule has 1 fully saturated rings. The van der Waals surface area contributed by atoms with E-state index in [9.17, 15) is 14.4 Å². The summed E-state index contributed by atoms with van der Waals surface area (Å²) in [6.45, 7) is 19.5. The van der Waals surface area contributed by atoms with Crippen LogP contribution in [0.4, 0.5) is 0 Å². The van der Waals surface area contributed by atoms with Gasteiger partial charge in [0, 0.05) is 68.6 Å². The summed E-state index contributed by atoms with van der Waals surface area (Å²) in [4.78, 5) is 51.9. The van der Waals surface area contributed by atoms with Crippen molar-refractivity contribution in [2.75, 3.05) is 13.7 Å². The Morgan fingerprint density at radius 3 is 2.14 bits per heavy atom. The number of hydrogen-bond donors (Lipinski definition) is 4. The number of unbranched alkanes of at least 4 members (excludes halogenated alkanes) is 2. The van der Waals surface area contributed by atoms with Gasteiger partial charge < -0.3 is 29.7 Å². The van der Waals surface area contributed by atoms with Crippen LogP contribution in [-0.4, -0.2) is 46.4 Å². The van der Waals surface area contributed by atoms with Gasteiger partial charge in [-0.05, 0) is 119 Å².